The summed E-state index contributed by atoms with van der Waals surface area (Å²) < 4.78 is 47.5. The first kappa shape index (κ1) is 25.5. The fourth-order valence-electron chi connectivity index (χ4n) is 4.05. The molecule has 1 atom stereocenters. The predicted octanol–water partition coefficient (Wildman–Crippen LogP) is 3.43. The smallest absolute Gasteiger partial charge is 0.323 e. The van der Waals surface area contributed by atoms with E-state index in [-0.39, 0.29) is 30.0 Å². The van der Waals surface area contributed by atoms with E-state index in [0.717, 1.165) is 16.7 Å². The maximum atomic E-state index is 13.6. The van der Waals surface area contributed by atoms with Gasteiger partial charge in [0.1, 0.15) is 17.9 Å². The topological polar surface area (TPSA) is 122 Å². The molecule has 0 saturated heterocycles. The lowest BCUT2D eigenvalue weighted by Gasteiger charge is -2.20. The van der Waals surface area contributed by atoms with Crippen molar-refractivity contribution in [2.45, 2.75) is 12.6 Å². The van der Waals surface area contributed by atoms with Crippen molar-refractivity contribution >= 4 is 16.9 Å². The Morgan fingerprint density at radius 2 is 1.77 bits per heavy atom. The third kappa shape index (κ3) is 5.59. The molecule has 0 aliphatic heterocycles. The van der Waals surface area contributed by atoms with E-state index in [1.54, 1.807) is 42.7 Å². The van der Waals surface area contributed by atoms with Gasteiger partial charge in [-0.2, -0.15) is 0 Å². The molecule has 9 nitrogen and oxygen atoms in total. The summed E-state index contributed by atoms with van der Waals surface area (Å²) in [6, 6.07) is 12.0. The highest BCUT2D eigenvalue weighted by Gasteiger charge is 2.20. The predicted molar refractivity (Wildman–Crippen MR) is 135 cm³/mol. The van der Waals surface area contributed by atoms with Crippen molar-refractivity contribution in [3.63, 3.8) is 0 Å². The van der Waals surface area contributed by atoms with Crippen LogP contribution in [0.5, 0.6) is 5.75 Å². The molecule has 2 aromatic carbocycles. The summed E-state index contributed by atoms with van der Waals surface area (Å²) in [5, 5.41) is 2.77. The summed E-state index contributed by atoms with van der Waals surface area (Å²) in [7, 11) is 0. The highest BCUT2D eigenvalue weighted by Crippen LogP contribution is 2.20. The van der Waals surface area contributed by atoms with E-state index in [1.165, 1.54) is 18.3 Å². The number of halogens is 3. The van der Waals surface area contributed by atoms with Crippen LogP contribution in [0, 0.1) is 17.5 Å². The van der Waals surface area contributed by atoms with E-state index in [0.29, 0.717) is 22.3 Å². The minimum Gasteiger partial charge on any atom is -0.491 e. The molecule has 0 saturated carbocycles. The SMILES string of the molecule is O=C(N[C@@H](COc1ccc2[nH]c(=O)[nH]c2c1)c1cccnc1)c1cccn(Cc2cc(F)c(F)c(F)c2)c1=O. The monoisotopic (exact) mass is 535 g/mol. The number of aromatic nitrogens is 4. The second-order valence-electron chi connectivity index (χ2n) is 8.64. The first-order valence-electron chi connectivity index (χ1n) is 11.7. The molecule has 5 aromatic rings. The molecule has 3 heterocycles. The van der Waals surface area contributed by atoms with Crippen molar-refractivity contribution in [2.24, 2.45) is 0 Å². The fraction of sp³-hybridized carbons (Fsp3) is 0.111. The molecule has 0 aliphatic carbocycles. The number of hydrogen-bond acceptors (Lipinski definition) is 5. The second-order valence-corrected chi connectivity index (χ2v) is 8.64. The minimum atomic E-state index is -1.61. The van der Waals surface area contributed by atoms with Crippen LogP contribution in [0.25, 0.3) is 11.0 Å². The Bertz CT molecular complexity index is 1760. The lowest BCUT2D eigenvalue weighted by Crippen LogP contribution is -2.37. The number of H-pyrrole nitrogens is 2. The Hall–Kier alpha value is -5.13. The van der Waals surface area contributed by atoms with Gasteiger partial charge in [0.05, 0.1) is 23.6 Å². The maximum absolute atomic E-state index is 13.6. The molecule has 5 rings (SSSR count). The van der Waals surface area contributed by atoms with Gasteiger partial charge in [-0.15, -0.1) is 0 Å². The minimum absolute atomic E-state index is 0.00781. The van der Waals surface area contributed by atoms with Gasteiger partial charge >= 0.3 is 5.69 Å². The number of nitrogens with zero attached hydrogens (tertiary/aromatic N) is 2. The molecule has 3 N–H and O–H groups in total. The van der Waals surface area contributed by atoms with E-state index < -0.39 is 35.0 Å². The van der Waals surface area contributed by atoms with E-state index in [9.17, 15) is 27.6 Å². The van der Waals surface area contributed by atoms with Gasteiger partial charge < -0.3 is 24.6 Å². The molecule has 0 radical (unpaired) electrons. The average molecular weight is 535 g/mol. The van der Waals surface area contributed by atoms with Gasteiger partial charge in [-0.05, 0) is 53.6 Å². The van der Waals surface area contributed by atoms with E-state index >= 15 is 0 Å². The molecular formula is C27H20F3N5O4. The molecule has 0 unspecified atom stereocenters. The van der Waals surface area contributed by atoms with Crippen LogP contribution in [0.4, 0.5) is 13.2 Å². The molecule has 0 spiro atoms. The van der Waals surface area contributed by atoms with Gasteiger partial charge in [-0.25, -0.2) is 18.0 Å². The Morgan fingerprint density at radius 3 is 2.51 bits per heavy atom. The number of fused-ring (bicyclic) bond motifs is 1. The summed E-state index contributed by atoms with van der Waals surface area (Å²) >= 11 is 0. The lowest BCUT2D eigenvalue weighted by molar-refractivity contribution is 0.0919. The van der Waals surface area contributed by atoms with E-state index in [1.807, 2.05) is 0 Å². The van der Waals surface area contributed by atoms with Crippen molar-refractivity contribution in [3.8, 4) is 5.75 Å². The van der Waals surface area contributed by atoms with Gasteiger partial charge in [-0.1, -0.05) is 6.07 Å². The molecule has 1 amide bonds. The van der Waals surface area contributed by atoms with Crippen LogP contribution < -0.4 is 21.3 Å². The van der Waals surface area contributed by atoms with Crippen LogP contribution in [-0.4, -0.2) is 32.0 Å². The van der Waals surface area contributed by atoms with Crippen molar-refractivity contribution in [2.75, 3.05) is 6.61 Å². The Balaban J connectivity index is 1.37. The number of carbonyl (C=O) groups is 1. The third-order valence-corrected chi connectivity index (χ3v) is 5.96. The molecule has 198 valence electrons. The molecule has 3 aromatic heterocycles. The summed E-state index contributed by atoms with van der Waals surface area (Å²) in [4.78, 5) is 47.1. The zero-order chi connectivity index (χ0) is 27.5. The van der Waals surface area contributed by atoms with Gasteiger partial charge in [0.25, 0.3) is 11.5 Å². The van der Waals surface area contributed by atoms with Crippen LogP contribution in [0.15, 0.2) is 82.8 Å². The summed E-state index contributed by atoms with van der Waals surface area (Å²) in [6.45, 7) is -0.320. The van der Waals surface area contributed by atoms with Crippen molar-refractivity contribution < 1.29 is 22.7 Å². The van der Waals surface area contributed by atoms with Crippen LogP contribution in [0.1, 0.15) is 27.5 Å². The molecule has 0 bridgehead atoms. The normalized spacial score (nSPS) is 11.9. The molecule has 39 heavy (non-hydrogen) atoms. The zero-order valence-electron chi connectivity index (χ0n) is 20.1. The number of rotatable bonds is 8. The number of amides is 1. The van der Waals surface area contributed by atoms with Crippen LogP contribution in [0.3, 0.4) is 0 Å². The third-order valence-electron chi connectivity index (χ3n) is 5.96. The molecule has 0 fully saturated rings. The van der Waals surface area contributed by atoms with Gasteiger partial charge in [0, 0.05) is 24.7 Å². The number of pyridine rings is 2. The van der Waals surface area contributed by atoms with Crippen molar-refractivity contribution in [1.29, 1.82) is 0 Å². The average Bonchev–Trinajstić information content (AvgIpc) is 3.30. The second kappa shape index (κ2) is 10.7. The number of nitrogens with one attached hydrogen (secondary N) is 3. The standard InChI is InChI=1S/C27H20F3N5O4/c28-19-9-15(10-20(29)24(19)30)13-35-8-2-4-18(26(35)37)25(36)32-23(16-3-1-7-31-12-16)14-39-17-5-6-21-22(11-17)34-27(38)33-21/h1-12,23H,13-14H2,(H,32,36)(H2,33,34,38)/t23-/m0/s1. The van der Waals surface area contributed by atoms with Crippen molar-refractivity contribution in [3.05, 3.63) is 128 Å². The highest BCUT2D eigenvalue weighted by atomic mass is 19.2. The molecule has 0 aliphatic rings. The first-order valence-corrected chi connectivity index (χ1v) is 11.7. The summed E-state index contributed by atoms with van der Waals surface area (Å²) in [5.41, 5.74) is 0.476. The highest BCUT2D eigenvalue weighted by molar-refractivity contribution is 5.94. The number of ether oxygens (including phenoxy) is 1. The zero-order valence-corrected chi connectivity index (χ0v) is 20.1. The fourth-order valence-corrected chi connectivity index (χ4v) is 4.05. The number of carbonyl (C=O) groups excluding carboxylic acids is 1. The molecule has 12 heteroatoms. The number of aromatic amines is 2. The Kier molecular flexibility index (Phi) is 7.00. The van der Waals surface area contributed by atoms with Gasteiger partial charge in [0.15, 0.2) is 17.5 Å². The van der Waals surface area contributed by atoms with Crippen LogP contribution in [0.2, 0.25) is 0 Å². The van der Waals surface area contributed by atoms with Crippen LogP contribution in [-0.2, 0) is 6.54 Å². The molecular weight excluding hydrogens is 515 g/mol. The largest absolute Gasteiger partial charge is 0.491 e. The van der Waals surface area contributed by atoms with Gasteiger partial charge in [0.2, 0.25) is 0 Å². The number of benzene rings is 2. The maximum Gasteiger partial charge on any atom is 0.323 e. The van der Waals surface area contributed by atoms with Crippen LogP contribution >= 0.6 is 0 Å². The Morgan fingerprint density at radius 1 is 1.00 bits per heavy atom. The number of hydrogen-bond donors (Lipinski definition) is 3. The lowest BCUT2D eigenvalue weighted by atomic mass is 10.1. The van der Waals surface area contributed by atoms with Gasteiger partial charge in [-0.3, -0.25) is 14.6 Å². The van der Waals surface area contributed by atoms with Crippen molar-refractivity contribution in [1.82, 2.24) is 24.8 Å². The van der Waals surface area contributed by atoms with E-state index in [4.69, 9.17) is 4.74 Å². The Labute approximate surface area is 217 Å². The summed E-state index contributed by atoms with van der Waals surface area (Å²) in [6.07, 6.45) is 4.46. The summed E-state index contributed by atoms with van der Waals surface area (Å²) in [5.74, 6) is -4.65. The first-order chi connectivity index (χ1) is 18.8. The quantitative estimate of drug-likeness (QED) is 0.263. The number of imidazole rings is 1. The van der Waals surface area contributed by atoms with E-state index in [2.05, 4.69) is 20.3 Å².